The molecule has 0 saturated carbocycles. The molecule has 0 atom stereocenters. The Bertz CT molecular complexity index is 99.7. The van der Waals surface area contributed by atoms with Crippen molar-refractivity contribution in [1.29, 1.82) is 0 Å². The van der Waals surface area contributed by atoms with E-state index in [1.165, 1.54) is 19.9 Å². The Kier molecular flexibility index (Phi) is 1.41. The first-order chi connectivity index (χ1) is 3.96. The maximum Gasteiger partial charge on any atom is 0.121 e. The normalized spacial score (nSPS) is 29.8. The zero-order chi connectivity index (χ0) is 7.12. The van der Waals surface area contributed by atoms with Gasteiger partial charge in [-0.1, -0.05) is 40.3 Å². The summed E-state index contributed by atoms with van der Waals surface area (Å²) in [4.78, 5) is 0. The predicted molar refractivity (Wildman–Crippen MR) is 44.3 cm³/mol. The molecule has 1 rings (SSSR count). The molecule has 1 aliphatic heterocycles. The molecule has 0 aromatic heterocycles. The average molecular weight is 124 g/mol. The van der Waals surface area contributed by atoms with Gasteiger partial charge in [-0.05, 0) is 10.8 Å². The van der Waals surface area contributed by atoms with Crippen molar-refractivity contribution in [3.8, 4) is 0 Å². The zero-order valence-corrected chi connectivity index (χ0v) is 7.12. The molecular weight excluding hydrogens is 107 g/mol. The summed E-state index contributed by atoms with van der Waals surface area (Å²) in [5.41, 5.74) is 1.18. The molecule has 0 amide bonds. The molecule has 0 aromatic carbocycles. The Hall–Kier alpha value is 0.0649. The molecule has 52 valence electrons. The van der Waals surface area contributed by atoms with E-state index in [9.17, 15) is 0 Å². The van der Waals surface area contributed by atoms with E-state index in [4.69, 9.17) is 0 Å². The van der Waals surface area contributed by atoms with Crippen molar-refractivity contribution in [2.45, 2.75) is 40.3 Å². The van der Waals surface area contributed by atoms with Gasteiger partial charge in [-0.25, -0.2) is 0 Å². The van der Waals surface area contributed by atoms with Crippen molar-refractivity contribution >= 4 is 7.28 Å². The first-order valence-electron chi connectivity index (χ1n) is 3.96. The van der Waals surface area contributed by atoms with Crippen molar-refractivity contribution in [3.63, 3.8) is 0 Å². The van der Waals surface area contributed by atoms with Crippen LogP contribution in [0.3, 0.4) is 0 Å². The summed E-state index contributed by atoms with van der Waals surface area (Å²) >= 11 is 0. The van der Waals surface area contributed by atoms with E-state index in [-0.39, 0.29) is 0 Å². The van der Waals surface area contributed by atoms with Gasteiger partial charge in [0.05, 0.1) is 0 Å². The van der Waals surface area contributed by atoms with E-state index in [1.807, 2.05) is 0 Å². The van der Waals surface area contributed by atoms with E-state index in [0.717, 1.165) is 0 Å². The molecule has 0 spiro atoms. The van der Waals surface area contributed by atoms with Crippen molar-refractivity contribution in [3.05, 3.63) is 0 Å². The highest BCUT2D eigenvalue weighted by atomic mass is 14.4. The van der Waals surface area contributed by atoms with E-state index in [1.54, 1.807) is 0 Å². The van der Waals surface area contributed by atoms with E-state index in [0.29, 0.717) is 10.8 Å². The highest BCUT2D eigenvalue weighted by Gasteiger charge is 2.41. The van der Waals surface area contributed by atoms with Crippen LogP contribution in [-0.4, -0.2) is 7.28 Å². The van der Waals surface area contributed by atoms with Crippen LogP contribution in [-0.2, 0) is 0 Å². The van der Waals surface area contributed by atoms with Gasteiger partial charge in [0.1, 0.15) is 7.28 Å². The largest absolute Gasteiger partial charge is 0.121 e. The minimum absolute atomic E-state index is 0.590. The second kappa shape index (κ2) is 1.77. The van der Waals surface area contributed by atoms with Crippen LogP contribution in [0.5, 0.6) is 0 Å². The number of hydrogen-bond acceptors (Lipinski definition) is 0. The quantitative estimate of drug-likeness (QED) is 0.434. The molecule has 0 aromatic rings. The number of rotatable bonds is 0. The fourth-order valence-corrected chi connectivity index (χ4v) is 1.65. The van der Waals surface area contributed by atoms with Gasteiger partial charge >= 0.3 is 0 Å². The summed E-state index contributed by atoms with van der Waals surface area (Å²) in [5, 5.41) is 0. The molecule has 0 aliphatic carbocycles. The SMILES string of the molecule is CC1(C)CBCC1(C)C. The van der Waals surface area contributed by atoms with Gasteiger partial charge in [0.2, 0.25) is 0 Å². The van der Waals surface area contributed by atoms with E-state index < -0.39 is 0 Å². The molecule has 1 aliphatic rings. The molecule has 1 heteroatoms. The lowest BCUT2D eigenvalue weighted by molar-refractivity contribution is 0.177. The Labute approximate surface area is 59.3 Å². The summed E-state index contributed by atoms with van der Waals surface area (Å²) < 4.78 is 0. The van der Waals surface area contributed by atoms with Crippen LogP contribution >= 0.6 is 0 Å². The van der Waals surface area contributed by atoms with Crippen molar-refractivity contribution in [1.82, 2.24) is 0 Å². The zero-order valence-electron chi connectivity index (χ0n) is 7.12. The monoisotopic (exact) mass is 124 g/mol. The number of hydrogen-bond donors (Lipinski definition) is 0. The van der Waals surface area contributed by atoms with Gasteiger partial charge in [0, 0.05) is 0 Å². The third-order valence-corrected chi connectivity index (χ3v) is 3.44. The lowest BCUT2D eigenvalue weighted by Crippen LogP contribution is -2.24. The van der Waals surface area contributed by atoms with Gasteiger partial charge in [-0.2, -0.15) is 0 Å². The highest BCUT2D eigenvalue weighted by molar-refractivity contribution is 6.37. The van der Waals surface area contributed by atoms with Gasteiger partial charge in [0.15, 0.2) is 0 Å². The summed E-state index contributed by atoms with van der Waals surface area (Å²) in [5.74, 6) is 0. The highest BCUT2D eigenvalue weighted by Crippen LogP contribution is 2.49. The van der Waals surface area contributed by atoms with Crippen LogP contribution in [0.2, 0.25) is 12.6 Å². The molecule has 1 heterocycles. The standard InChI is InChI=1S/C8H17B/c1-7(2)5-9-6-8(7,3)4/h9H,5-6H2,1-4H3. The topological polar surface area (TPSA) is 0 Å². The lowest BCUT2D eigenvalue weighted by atomic mass is 9.71. The maximum atomic E-state index is 2.39. The molecule has 0 radical (unpaired) electrons. The van der Waals surface area contributed by atoms with Crippen molar-refractivity contribution in [2.75, 3.05) is 0 Å². The average Bonchev–Trinajstić information content (AvgIpc) is 1.81. The van der Waals surface area contributed by atoms with Crippen LogP contribution in [0.25, 0.3) is 0 Å². The molecule has 0 nitrogen and oxygen atoms in total. The van der Waals surface area contributed by atoms with Crippen LogP contribution in [0.1, 0.15) is 27.7 Å². The molecule has 0 unspecified atom stereocenters. The minimum Gasteiger partial charge on any atom is -0.0719 e. The van der Waals surface area contributed by atoms with Crippen molar-refractivity contribution < 1.29 is 0 Å². The smallest absolute Gasteiger partial charge is 0.0719 e. The summed E-state index contributed by atoms with van der Waals surface area (Å²) in [7, 11) is 1.43. The Morgan fingerprint density at radius 2 is 1.22 bits per heavy atom. The summed E-state index contributed by atoms with van der Waals surface area (Å²) in [6.07, 6.45) is 2.83. The molecule has 1 fully saturated rings. The molecule has 9 heavy (non-hydrogen) atoms. The molecule has 1 saturated heterocycles. The van der Waals surface area contributed by atoms with Crippen LogP contribution in [0.15, 0.2) is 0 Å². The molecule has 0 N–H and O–H groups in total. The van der Waals surface area contributed by atoms with E-state index in [2.05, 4.69) is 27.7 Å². The third kappa shape index (κ3) is 1.02. The lowest BCUT2D eigenvalue weighted by Gasteiger charge is -2.35. The molecular formula is C8H17B. The first-order valence-corrected chi connectivity index (χ1v) is 3.96. The van der Waals surface area contributed by atoms with Gasteiger partial charge in [-0.15, -0.1) is 0 Å². The van der Waals surface area contributed by atoms with Gasteiger partial charge < -0.3 is 0 Å². The van der Waals surface area contributed by atoms with Crippen LogP contribution in [0.4, 0.5) is 0 Å². The van der Waals surface area contributed by atoms with Gasteiger partial charge in [0.25, 0.3) is 0 Å². The fourth-order valence-electron chi connectivity index (χ4n) is 1.65. The van der Waals surface area contributed by atoms with Crippen LogP contribution in [0, 0.1) is 10.8 Å². The Morgan fingerprint density at radius 1 is 0.889 bits per heavy atom. The molecule has 0 bridgehead atoms. The third-order valence-electron chi connectivity index (χ3n) is 3.44. The second-order valence-corrected chi connectivity index (χ2v) is 4.62. The Morgan fingerprint density at radius 3 is 1.33 bits per heavy atom. The minimum atomic E-state index is 0.590. The maximum absolute atomic E-state index is 2.39. The van der Waals surface area contributed by atoms with E-state index >= 15 is 0 Å². The van der Waals surface area contributed by atoms with Crippen LogP contribution < -0.4 is 0 Å². The second-order valence-electron chi connectivity index (χ2n) is 4.62. The fraction of sp³-hybridized carbons (Fsp3) is 1.00. The summed E-state index contributed by atoms with van der Waals surface area (Å²) in [6.45, 7) is 9.56. The van der Waals surface area contributed by atoms with Crippen molar-refractivity contribution in [2.24, 2.45) is 10.8 Å². The summed E-state index contributed by atoms with van der Waals surface area (Å²) in [6, 6.07) is 0. The first kappa shape index (κ1) is 7.18. The predicted octanol–water partition coefficient (Wildman–Crippen LogP) is 2.33. The Balaban J connectivity index is 2.75. The van der Waals surface area contributed by atoms with Gasteiger partial charge in [-0.3, -0.25) is 0 Å².